The number of alkyl halides is 1. The lowest BCUT2D eigenvalue weighted by Gasteiger charge is -1.96. The monoisotopic (exact) mass is 186 g/mol. The van der Waals surface area contributed by atoms with Crippen molar-refractivity contribution in [3.05, 3.63) is 23.9 Å². The number of pyridine rings is 1. The number of anilines is 1. The summed E-state index contributed by atoms with van der Waals surface area (Å²) in [5, 5.41) is 0.771. The van der Waals surface area contributed by atoms with Crippen LogP contribution < -0.4 is 5.73 Å². The van der Waals surface area contributed by atoms with Gasteiger partial charge < -0.3 is 5.73 Å². The van der Waals surface area contributed by atoms with Crippen molar-refractivity contribution in [1.29, 1.82) is 0 Å². The Morgan fingerprint density at radius 3 is 2.89 bits per heavy atom. The van der Waals surface area contributed by atoms with E-state index in [1.165, 1.54) is 0 Å². The summed E-state index contributed by atoms with van der Waals surface area (Å²) < 4.78 is 0. The topological polar surface area (TPSA) is 38.9 Å². The maximum Gasteiger partial charge on any atom is 0.127 e. The Morgan fingerprint density at radius 2 is 2.44 bits per heavy atom. The normalized spacial score (nSPS) is 9.44. The average molecular weight is 187 g/mol. The number of nitrogens with two attached hydrogens (primary N) is 1. The summed E-state index contributed by atoms with van der Waals surface area (Å²) in [7, 11) is 0. The molecule has 1 rings (SSSR count). The fourth-order valence-corrected chi connectivity index (χ4v) is 1.04. The van der Waals surface area contributed by atoms with Crippen LogP contribution in [0.5, 0.6) is 0 Å². The Labute approximate surface area is 62.2 Å². The predicted molar refractivity (Wildman–Crippen MR) is 41.3 cm³/mol. The van der Waals surface area contributed by atoms with E-state index in [0.717, 1.165) is 10.9 Å². The quantitative estimate of drug-likeness (QED) is 0.677. The van der Waals surface area contributed by atoms with E-state index in [1.54, 1.807) is 6.20 Å². The van der Waals surface area contributed by atoms with E-state index in [9.17, 15) is 0 Å². The van der Waals surface area contributed by atoms with Gasteiger partial charge in [-0.3, -0.25) is 0 Å². The van der Waals surface area contributed by atoms with Gasteiger partial charge in [0, 0.05) is 17.1 Å². The molecule has 48 valence electrons. The smallest absolute Gasteiger partial charge is 0.127 e. The largest absolute Gasteiger partial charge is 0.383 e. The number of rotatable bonds is 1. The van der Waals surface area contributed by atoms with E-state index in [0.29, 0.717) is 5.82 Å². The Hall–Kier alpha value is -0.570. The number of halogens is 1. The van der Waals surface area contributed by atoms with Crippen molar-refractivity contribution in [2.24, 2.45) is 0 Å². The molecule has 0 saturated heterocycles. The second kappa shape index (κ2) is 2.82. The molecule has 0 atom stereocenters. The number of nitrogen functional groups attached to an aromatic ring is 1. The van der Waals surface area contributed by atoms with Gasteiger partial charge in [0.15, 0.2) is 0 Å². The van der Waals surface area contributed by atoms with Crippen LogP contribution in [-0.2, 0) is 5.33 Å². The van der Waals surface area contributed by atoms with Crippen LogP contribution in [-0.4, -0.2) is 4.98 Å². The second-order valence-electron chi connectivity index (χ2n) is 1.68. The van der Waals surface area contributed by atoms with Gasteiger partial charge in [-0.2, -0.15) is 0 Å². The minimum Gasteiger partial charge on any atom is -0.383 e. The van der Waals surface area contributed by atoms with Crippen molar-refractivity contribution in [1.82, 2.24) is 4.98 Å². The lowest BCUT2D eigenvalue weighted by molar-refractivity contribution is 1.27. The molecule has 0 aliphatic rings. The number of hydrogen-bond donors (Lipinski definition) is 1. The molecule has 0 bridgehead atoms. The first-order valence-corrected chi connectivity index (χ1v) is 3.72. The zero-order valence-electron chi connectivity index (χ0n) is 4.84. The molecule has 0 radical (unpaired) electrons. The van der Waals surface area contributed by atoms with Crippen molar-refractivity contribution in [3.8, 4) is 0 Å². The fourth-order valence-electron chi connectivity index (χ4n) is 0.564. The molecule has 0 amide bonds. The average Bonchev–Trinajstić information content (AvgIpc) is 1.89. The van der Waals surface area contributed by atoms with Gasteiger partial charge in [0.1, 0.15) is 5.82 Å². The molecule has 0 spiro atoms. The van der Waals surface area contributed by atoms with Crippen molar-refractivity contribution < 1.29 is 0 Å². The molecule has 3 heteroatoms. The molecule has 1 aromatic rings. The molecule has 0 fully saturated rings. The summed E-state index contributed by atoms with van der Waals surface area (Å²) in [6.07, 6.45) is 1.68. The summed E-state index contributed by atoms with van der Waals surface area (Å²) in [6, 6.07) is 3.81. The number of aromatic nitrogens is 1. The lowest BCUT2D eigenvalue weighted by atomic mass is 10.3. The van der Waals surface area contributed by atoms with Crippen LogP contribution in [0.1, 0.15) is 5.56 Å². The Morgan fingerprint density at radius 1 is 1.67 bits per heavy atom. The molecule has 2 nitrogen and oxygen atoms in total. The van der Waals surface area contributed by atoms with Crippen LogP contribution in [0.3, 0.4) is 0 Å². The van der Waals surface area contributed by atoms with Gasteiger partial charge in [-0.1, -0.05) is 22.0 Å². The maximum atomic E-state index is 5.49. The van der Waals surface area contributed by atoms with Crippen molar-refractivity contribution in [2.45, 2.75) is 5.33 Å². The molecule has 0 saturated carbocycles. The Kier molecular flexibility index (Phi) is 2.05. The summed E-state index contributed by atoms with van der Waals surface area (Å²) in [4.78, 5) is 3.90. The fraction of sp³-hybridized carbons (Fsp3) is 0.167. The first-order valence-electron chi connectivity index (χ1n) is 2.60. The molecule has 0 aliphatic heterocycles. The second-order valence-corrected chi connectivity index (χ2v) is 2.24. The highest BCUT2D eigenvalue weighted by molar-refractivity contribution is 9.08. The highest BCUT2D eigenvalue weighted by Gasteiger charge is 1.93. The van der Waals surface area contributed by atoms with Crippen LogP contribution in [0, 0.1) is 0 Å². The molecular weight excluding hydrogens is 180 g/mol. The van der Waals surface area contributed by atoms with Gasteiger partial charge in [-0.15, -0.1) is 0 Å². The first-order chi connectivity index (χ1) is 4.34. The van der Waals surface area contributed by atoms with Crippen LogP contribution in [0.4, 0.5) is 5.82 Å². The molecule has 0 aromatic carbocycles. The van der Waals surface area contributed by atoms with Gasteiger partial charge in [0.05, 0.1) is 0 Å². The van der Waals surface area contributed by atoms with Gasteiger partial charge in [-0.05, 0) is 6.07 Å². The molecule has 9 heavy (non-hydrogen) atoms. The van der Waals surface area contributed by atoms with Gasteiger partial charge in [0.25, 0.3) is 0 Å². The molecule has 0 aliphatic carbocycles. The van der Waals surface area contributed by atoms with E-state index in [1.807, 2.05) is 12.1 Å². The maximum absolute atomic E-state index is 5.49. The lowest BCUT2D eigenvalue weighted by Crippen LogP contribution is -1.93. The standard InChI is InChI=1S/C6H7BrN2/c7-4-5-2-1-3-9-6(5)8/h1-3H,4H2,(H2,8,9). The van der Waals surface area contributed by atoms with Crippen LogP contribution in [0.25, 0.3) is 0 Å². The minimum atomic E-state index is 0.606. The van der Waals surface area contributed by atoms with Crippen LogP contribution >= 0.6 is 15.9 Å². The first kappa shape index (κ1) is 6.55. The molecular formula is C6H7BrN2. The SMILES string of the molecule is Nc1ncccc1CBr. The van der Waals surface area contributed by atoms with Gasteiger partial charge >= 0.3 is 0 Å². The number of hydrogen-bond acceptors (Lipinski definition) is 2. The van der Waals surface area contributed by atoms with Crippen molar-refractivity contribution in [2.75, 3.05) is 5.73 Å². The summed E-state index contributed by atoms with van der Waals surface area (Å²) in [5.74, 6) is 0.606. The molecule has 1 heterocycles. The van der Waals surface area contributed by atoms with Crippen molar-refractivity contribution in [3.63, 3.8) is 0 Å². The molecule has 0 unspecified atom stereocenters. The number of nitrogens with zero attached hydrogens (tertiary/aromatic N) is 1. The van der Waals surface area contributed by atoms with E-state index in [2.05, 4.69) is 20.9 Å². The third kappa shape index (κ3) is 1.42. The minimum absolute atomic E-state index is 0.606. The zero-order valence-corrected chi connectivity index (χ0v) is 6.43. The van der Waals surface area contributed by atoms with Crippen LogP contribution in [0.15, 0.2) is 18.3 Å². The van der Waals surface area contributed by atoms with E-state index in [-0.39, 0.29) is 0 Å². The third-order valence-corrected chi connectivity index (χ3v) is 1.67. The summed E-state index contributed by atoms with van der Waals surface area (Å²) in [5.41, 5.74) is 6.53. The Balaban J connectivity index is 3.01. The highest BCUT2D eigenvalue weighted by atomic mass is 79.9. The molecule has 1 aromatic heterocycles. The van der Waals surface area contributed by atoms with Crippen molar-refractivity contribution >= 4 is 21.7 Å². The summed E-state index contributed by atoms with van der Waals surface area (Å²) in [6.45, 7) is 0. The van der Waals surface area contributed by atoms with Gasteiger partial charge in [0.2, 0.25) is 0 Å². The Bertz CT molecular complexity index is 200. The third-order valence-electron chi connectivity index (χ3n) is 1.07. The zero-order chi connectivity index (χ0) is 6.69. The van der Waals surface area contributed by atoms with Crippen LogP contribution in [0.2, 0.25) is 0 Å². The molecule has 2 N–H and O–H groups in total. The summed E-state index contributed by atoms with van der Waals surface area (Å²) >= 11 is 3.29. The van der Waals surface area contributed by atoms with E-state index in [4.69, 9.17) is 5.73 Å². The predicted octanol–water partition coefficient (Wildman–Crippen LogP) is 1.56. The van der Waals surface area contributed by atoms with E-state index < -0.39 is 0 Å². The highest BCUT2D eigenvalue weighted by Crippen LogP contribution is 2.09. The van der Waals surface area contributed by atoms with Gasteiger partial charge in [-0.25, -0.2) is 4.98 Å². The van der Waals surface area contributed by atoms with E-state index >= 15 is 0 Å².